The lowest BCUT2D eigenvalue weighted by molar-refractivity contribution is 0.248. The van der Waals surface area contributed by atoms with Crippen LogP contribution in [0.15, 0.2) is 24.3 Å². The molecule has 1 aromatic rings. The van der Waals surface area contributed by atoms with Crippen molar-refractivity contribution in [2.45, 2.75) is 27.2 Å². The zero-order valence-corrected chi connectivity index (χ0v) is 13.7. The molecule has 0 fully saturated rings. The van der Waals surface area contributed by atoms with Gasteiger partial charge < -0.3 is 15.1 Å². The average Bonchev–Trinajstić information content (AvgIpc) is 2.51. The van der Waals surface area contributed by atoms with E-state index in [2.05, 4.69) is 35.9 Å². The second-order valence-corrected chi connectivity index (χ2v) is 5.22. The Bertz CT molecular complexity index is 380. The Hall–Kier alpha value is -1.13. The van der Waals surface area contributed by atoms with Gasteiger partial charge in [0.05, 0.1) is 5.69 Å². The molecule has 0 atom stereocenters. The molecule has 4 heteroatoms. The second kappa shape index (κ2) is 10.6. The summed E-state index contributed by atoms with van der Waals surface area (Å²) in [6.45, 7) is 13.9. The molecule has 0 heterocycles. The summed E-state index contributed by atoms with van der Waals surface area (Å²) in [5.74, 6) is -0.179. The molecule has 120 valence electrons. The zero-order valence-electron chi connectivity index (χ0n) is 13.7. The van der Waals surface area contributed by atoms with E-state index in [9.17, 15) is 4.39 Å². The summed E-state index contributed by atoms with van der Waals surface area (Å²) in [5, 5.41) is 3.17. The Morgan fingerprint density at radius 3 is 2.14 bits per heavy atom. The molecule has 0 aliphatic rings. The number of likely N-dealkylation sites (N-methyl/N-ethyl adjacent to an activating group) is 1. The fourth-order valence-corrected chi connectivity index (χ4v) is 2.44. The molecule has 1 rings (SSSR count). The maximum atomic E-state index is 13.5. The van der Waals surface area contributed by atoms with Gasteiger partial charge in [-0.1, -0.05) is 32.9 Å². The molecule has 3 nitrogen and oxygen atoms in total. The summed E-state index contributed by atoms with van der Waals surface area (Å²) in [7, 11) is 0. The largest absolute Gasteiger partial charge is 0.381 e. The lowest BCUT2D eigenvalue weighted by Gasteiger charge is -2.23. The number of nitrogens with zero attached hydrogens (tertiary/aromatic N) is 2. The molecule has 0 unspecified atom stereocenters. The van der Waals surface area contributed by atoms with E-state index in [1.807, 2.05) is 6.07 Å². The Morgan fingerprint density at radius 1 is 0.905 bits per heavy atom. The van der Waals surface area contributed by atoms with Gasteiger partial charge in [-0.2, -0.15) is 0 Å². The van der Waals surface area contributed by atoms with Crippen LogP contribution in [0.2, 0.25) is 0 Å². The first-order valence-electron chi connectivity index (χ1n) is 8.14. The molecule has 0 aliphatic carbocycles. The van der Waals surface area contributed by atoms with Crippen LogP contribution in [-0.2, 0) is 0 Å². The minimum Gasteiger partial charge on any atom is -0.381 e. The van der Waals surface area contributed by atoms with Crippen LogP contribution in [-0.4, -0.2) is 55.6 Å². The van der Waals surface area contributed by atoms with Gasteiger partial charge in [0.1, 0.15) is 5.82 Å². The highest BCUT2D eigenvalue weighted by Crippen LogP contribution is 2.11. The number of anilines is 1. The summed E-state index contributed by atoms with van der Waals surface area (Å²) < 4.78 is 13.5. The lowest BCUT2D eigenvalue weighted by atomic mass is 10.3. The third-order valence-electron chi connectivity index (χ3n) is 3.91. The van der Waals surface area contributed by atoms with Crippen LogP contribution < -0.4 is 5.32 Å². The minimum atomic E-state index is -0.179. The normalized spacial score (nSPS) is 11.3. The van der Waals surface area contributed by atoms with Gasteiger partial charge in [0, 0.05) is 13.1 Å². The van der Waals surface area contributed by atoms with E-state index in [-0.39, 0.29) is 5.82 Å². The van der Waals surface area contributed by atoms with Crippen molar-refractivity contribution >= 4 is 5.69 Å². The van der Waals surface area contributed by atoms with Crippen molar-refractivity contribution in [1.29, 1.82) is 0 Å². The van der Waals surface area contributed by atoms with Gasteiger partial charge in [0.2, 0.25) is 0 Å². The number of nitrogens with one attached hydrogen (secondary N) is 1. The van der Waals surface area contributed by atoms with Crippen LogP contribution in [0.25, 0.3) is 0 Å². The summed E-state index contributed by atoms with van der Waals surface area (Å²) in [6, 6.07) is 6.84. The zero-order chi connectivity index (χ0) is 15.5. The molecule has 0 aliphatic heterocycles. The number of hydrogen-bond donors (Lipinski definition) is 1. The maximum absolute atomic E-state index is 13.5. The summed E-state index contributed by atoms with van der Waals surface area (Å²) >= 11 is 0. The molecule has 0 spiro atoms. The fourth-order valence-electron chi connectivity index (χ4n) is 2.44. The standard InChI is InChI=1S/C17H30FN3/c1-4-20(5-2)13-9-14-21(6-3)15-12-19-17-11-8-7-10-16(17)18/h7-8,10-11,19H,4-6,9,12-15H2,1-3H3. The number of rotatable bonds is 11. The van der Waals surface area contributed by atoms with Crippen molar-refractivity contribution in [3.8, 4) is 0 Å². The van der Waals surface area contributed by atoms with Crippen LogP contribution in [0.3, 0.4) is 0 Å². The summed E-state index contributed by atoms with van der Waals surface area (Å²) in [6.07, 6.45) is 1.19. The third-order valence-corrected chi connectivity index (χ3v) is 3.91. The maximum Gasteiger partial charge on any atom is 0.146 e. The molecule has 0 amide bonds. The van der Waals surface area contributed by atoms with Crippen LogP contribution >= 0.6 is 0 Å². The molecule has 0 bridgehead atoms. The molecular formula is C17H30FN3. The van der Waals surface area contributed by atoms with Gasteiger partial charge in [0.15, 0.2) is 0 Å². The SMILES string of the molecule is CCN(CC)CCCN(CC)CCNc1ccccc1F. The van der Waals surface area contributed by atoms with Gasteiger partial charge in [-0.15, -0.1) is 0 Å². The third kappa shape index (κ3) is 6.91. The van der Waals surface area contributed by atoms with E-state index >= 15 is 0 Å². The first-order chi connectivity index (χ1) is 10.2. The lowest BCUT2D eigenvalue weighted by Crippen LogP contribution is -2.33. The van der Waals surface area contributed by atoms with Gasteiger partial charge in [0.25, 0.3) is 0 Å². The monoisotopic (exact) mass is 295 g/mol. The Morgan fingerprint density at radius 2 is 1.52 bits per heavy atom. The van der Waals surface area contributed by atoms with Crippen molar-refractivity contribution < 1.29 is 4.39 Å². The van der Waals surface area contributed by atoms with E-state index in [4.69, 9.17) is 0 Å². The number of benzene rings is 1. The van der Waals surface area contributed by atoms with Gasteiger partial charge in [-0.05, 0) is 51.3 Å². The van der Waals surface area contributed by atoms with Crippen LogP contribution in [0.4, 0.5) is 10.1 Å². The molecular weight excluding hydrogens is 265 g/mol. The van der Waals surface area contributed by atoms with Crippen LogP contribution in [0.1, 0.15) is 27.2 Å². The van der Waals surface area contributed by atoms with Crippen LogP contribution in [0.5, 0.6) is 0 Å². The fraction of sp³-hybridized carbons (Fsp3) is 0.647. The van der Waals surface area contributed by atoms with E-state index in [1.54, 1.807) is 12.1 Å². The first-order valence-corrected chi connectivity index (χ1v) is 8.14. The minimum absolute atomic E-state index is 0.179. The Balaban J connectivity index is 2.23. The molecule has 1 aromatic carbocycles. The van der Waals surface area contributed by atoms with E-state index in [1.165, 1.54) is 12.5 Å². The predicted octanol–water partition coefficient (Wildman–Crippen LogP) is 3.29. The topological polar surface area (TPSA) is 18.5 Å². The van der Waals surface area contributed by atoms with Crippen LogP contribution in [0, 0.1) is 5.82 Å². The summed E-state index contributed by atoms with van der Waals surface area (Å²) in [5.41, 5.74) is 0.594. The van der Waals surface area contributed by atoms with Crippen molar-refractivity contribution in [2.24, 2.45) is 0 Å². The number of para-hydroxylation sites is 1. The Labute approximate surface area is 129 Å². The molecule has 0 aromatic heterocycles. The molecule has 0 saturated heterocycles. The second-order valence-electron chi connectivity index (χ2n) is 5.22. The molecule has 0 radical (unpaired) electrons. The van der Waals surface area contributed by atoms with Crippen molar-refractivity contribution in [2.75, 3.05) is 51.1 Å². The number of halogens is 1. The molecule has 1 N–H and O–H groups in total. The van der Waals surface area contributed by atoms with E-state index < -0.39 is 0 Å². The number of hydrogen-bond acceptors (Lipinski definition) is 3. The average molecular weight is 295 g/mol. The first kappa shape index (κ1) is 17.9. The molecule has 21 heavy (non-hydrogen) atoms. The predicted molar refractivity (Wildman–Crippen MR) is 89.4 cm³/mol. The summed E-state index contributed by atoms with van der Waals surface area (Å²) in [4.78, 5) is 4.86. The highest BCUT2D eigenvalue weighted by atomic mass is 19.1. The van der Waals surface area contributed by atoms with E-state index in [0.29, 0.717) is 5.69 Å². The molecule has 0 saturated carbocycles. The highest BCUT2D eigenvalue weighted by molar-refractivity contribution is 5.44. The van der Waals surface area contributed by atoms with Crippen molar-refractivity contribution in [3.05, 3.63) is 30.1 Å². The smallest absolute Gasteiger partial charge is 0.146 e. The van der Waals surface area contributed by atoms with Gasteiger partial charge >= 0.3 is 0 Å². The quantitative estimate of drug-likeness (QED) is 0.676. The van der Waals surface area contributed by atoms with Crippen molar-refractivity contribution in [3.63, 3.8) is 0 Å². The van der Waals surface area contributed by atoms with E-state index in [0.717, 1.165) is 45.8 Å². The van der Waals surface area contributed by atoms with Gasteiger partial charge in [-0.25, -0.2) is 4.39 Å². The Kier molecular flexibility index (Phi) is 9.02. The highest BCUT2D eigenvalue weighted by Gasteiger charge is 2.05. The van der Waals surface area contributed by atoms with Gasteiger partial charge in [-0.3, -0.25) is 0 Å². The van der Waals surface area contributed by atoms with Crippen molar-refractivity contribution in [1.82, 2.24) is 9.80 Å².